The molecule has 0 unspecified atom stereocenters. The van der Waals surface area contributed by atoms with Gasteiger partial charge in [0.05, 0.1) is 0 Å². The molecule has 5 heteroatoms. The predicted octanol–water partition coefficient (Wildman–Crippen LogP) is 5.95. The van der Waals surface area contributed by atoms with Gasteiger partial charge in [-0.05, 0) is 61.2 Å². The van der Waals surface area contributed by atoms with Crippen molar-refractivity contribution in [2.24, 2.45) is 5.92 Å². The molecule has 5 nitrogen and oxygen atoms in total. The van der Waals surface area contributed by atoms with Gasteiger partial charge in [-0.2, -0.15) is 0 Å². The number of pyridine rings is 1. The lowest BCUT2D eigenvalue weighted by Gasteiger charge is -2.29. The van der Waals surface area contributed by atoms with Gasteiger partial charge < -0.3 is 5.32 Å². The smallest absolute Gasteiger partial charge is 0.181 e. The van der Waals surface area contributed by atoms with Gasteiger partial charge in [0, 0.05) is 23.9 Å². The summed E-state index contributed by atoms with van der Waals surface area (Å²) in [7, 11) is 0. The molecule has 1 N–H and O–H groups in total. The zero-order valence-electron chi connectivity index (χ0n) is 19.3. The van der Waals surface area contributed by atoms with Crippen molar-refractivity contribution >= 4 is 23.6 Å². The second-order valence-electron chi connectivity index (χ2n) is 7.84. The van der Waals surface area contributed by atoms with E-state index in [1.54, 1.807) is 18.2 Å². The van der Waals surface area contributed by atoms with E-state index in [2.05, 4.69) is 18.5 Å². The zero-order valence-corrected chi connectivity index (χ0v) is 19.3. The van der Waals surface area contributed by atoms with Crippen LogP contribution in [0, 0.1) is 19.8 Å². The Balaban J connectivity index is 2.74. The molecule has 1 heterocycles. The van der Waals surface area contributed by atoms with Gasteiger partial charge in [0.15, 0.2) is 5.78 Å². The van der Waals surface area contributed by atoms with Crippen molar-refractivity contribution in [1.82, 2.24) is 10.3 Å². The molecular weight excluding hydrogens is 398 g/mol. The number of hydrogen-bond acceptors (Lipinski definition) is 5. The number of rotatable bonds is 11. The highest BCUT2D eigenvalue weighted by Gasteiger charge is 2.22. The molecule has 32 heavy (non-hydrogen) atoms. The molecule has 166 valence electrons. The second kappa shape index (κ2) is 11.6. The Morgan fingerprint density at radius 2 is 1.84 bits per heavy atom. The van der Waals surface area contributed by atoms with Crippen LogP contribution >= 0.6 is 0 Å². The maximum atomic E-state index is 12.8. The van der Waals surface area contributed by atoms with E-state index >= 15 is 0 Å². The number of Topliss-reactive ketones (excluding diaryl/α,β-unsaturated/α-hetero) is 1. The van der Waals surface area contributed by atoms with Crippen LogP contribution in [0.1, 0.15) is 41.9 Å². The van der Waals surface area contributed by atoms with E-state index in [4.69, 9.17) is 4.98 Å². The number of nitrogens with zero attached hydrogens (tertiary/aromatic N) is 2. The summed E-state index contributed by atoms with van der Waals surface area (Å²) in [5.41, 5.74) is 3.71. The highest BCUT2D eigenvalue weighted by Crippen LogP contribution is 2.32. The normalized spacial score (nSPS) is 11.8. The molecule has 0 atom stereocenters. The lowest BCUT2D eigenvalue weighted by molar-refractivity contribution is -0.104. The molecular formula is C27H31N3O2. The number of benzene rings is 1. The Morgan fingerprint density at radius 3 is 2.41 bits per heavy atom. The number of anilines is 2. The predicted molar refractivity (Wildman–Crippen MR) is 132 cm³/mol. The number of hydrogen-bond donors (Lipinski definition) is 1. The Kier molecular flexibility index (Phi) is 8.90. The fourth-order valence-corrected chi connectivity index (χ4v) is 3.18. The number of aryl methyl sites for hydroxylation is 1. The van der Waals surface area contributed by atoms with Crippen molar-refractivity contribution < 1.29 is 9.59 Å². The van der Waals surface area contributed by atoms with Gasteiger partial charge in [-0.1, -0.05) is 51.3 Å². The van der Waals surface area contributed by atoms with Crippen LogP contribution in [-0.4, -0.2) is 17.1 Å². The highest BCUT2D eigenvalue weighted by atomic mass is 16.1. The third-order valence-electron chi connectivity index (χ3n) is 4.87. The summed E-state index contributed by atoms with van der Waals surface area (Å²) < 4.78 is 0. The molecule has 0 spiro atoms. The molecule has 0 aliphatic heterocycles. The lowest BCUT2D eigenvalue weighted by atomic mass is 10.0. The van der Waals surface area contributed by atoms with Crippen LogP contribution in [0.5, 0.6) is 0 Å². The first-order chi connectivity index (χ1) is 15.3. The second-order valence-corrected chi connectivity index (χ2v) is 7.84. The molecule has 0 aliphatic rings. The van der Waals surface area contributed by atoms with Gasteiger partial charge in [-0.3, -0.25) is 14.5 Å². The van der Waals surface area contributed by atoms with E-state index in [1.165, 1.54) is 6.08 Å². The lowest BCUT2D eigenvalue weighted by Crippen LogP contribution is -2.29. The van der Waals surface area contributed by atoms with Crippen molar-refractivity contribution in [3.63, 3.8) is 0 Å². The highest BCUT2D eigenvalue weighted by molar-refractivity contribution is 5.95. The molecule has 0 saturated heterocycles. The molecule has 1 aromatic heterocycles. The maximum Gasteiger partial charge on any atom is 0.181 e. The Bertz CT molecular complexity index is 1050. The summed E-state index contributed by atoms with van der Waals surface area (Å²) in [4.78, 5) is 31.0. The van der Waals surface area contributed by atoms with E-state index in [9.17, 15) is 9.59 Å². The van der Waals surface area contributed by atoms with Crippen LogP contribution in [0.4, 0.5) is 11.5 Å². The summed E-state index contributed by atoms with van der Waals surface area (Å²) in [5, 5.41) is 3.23. The van der Waals surface area contributed by atoms with Crippen LogP contribution in [0.3, 0.4) is 0 Å². The van der Waals surface area contributed by atoms with Gasteiger partial charge in [-0.25, -0.2) is 4.98 Å². The van der Waals surface area contributed by atoms with Crippen molar-refractivity contribution in [3.8, 4) is 0 Å². The van der Waals surface area contributed by atoms with Gasteiger partial charge in [0.2, 0.25) is 0 Å². The molecule has 0 radical (unpaired) electrons. The number of aldehydes is 1. The van der Waals surface area contributed by atoms with Gasteiger partial charge >= 0.3 is 0 Å². The van der Waals surface area contributed by atoms with Gasteiger partial charge in [0.25, 0.3) is 0 Å². The topological polar surface area (TPSA) is 62.3 Å². The maximum absolute atomic E-state index is 12.8. The monoisotopic (exact) mass is 429 g/mol. The van der Waals surface area contributed by atoms with E-state index < -0.39 is 0 Å². The van der Waals surface area contributed by atoms with Crippen LogP contribution in [0.2, 0.25) is 0 Å². The summed E-state index contributed by atoms with van der Waals surface area (Å²) >= 11 is 0. The minimum absolute atomic E-state index is 0.00966. The fraction of sp³-hybridized carbons (Fsp3) is 0.222. The number of allylic oxidation sites excluding steroid dienone is 4. The third kappa shape index (κ3) is 6.14. The summed E-state index contributed by atoms with van der Waals surface area (Å²) in [6.45, 7) is 15.5. The molecule has 2 aromatic rings. The Morgan fingerprint density at radius 1 is 1.16 bits per heavy atom. The van der Waals surface area contributed by atoms with Gasteiger partial charge in [0.1, 0.15) is 23.6 Å². The molecule has 0 fully saturated rings. The van der Waals surface area contributed by atoms with Crippen LogP contribution in [0.15, 0.2) is 85.4 Å². The SMILES string of the molecule is C=C/C=C(\C=C)N/C(=C/C=O)N(c1ccccc1)c1nc(C(=O)CC(C)C)cc(C)c1C. The molecule has 0 saturated carbocycles. The van der Waals surface area contributed by atoms with E-state index in [0.29, 0.717) is 35.7 Å². The number of para-hydroxylation sites is 1. The molecule has 0 bridgehead atoms. The van der Waals surface area contributed by atoms with Crippen LogP contribution < -0.4 is 10.2 Å². The molecule has 2 rings (SSSR count). The van der Waals surface area contributed by atoms with Crippen molar-refractivity contribution in [2.45, 2.75) is 34.1 Å². The molecule has 1 aromatic carbocycles. The number of carbonyl (C=O) groups excluding carboxylic acids is 2. The Labute approximate surface area is 190 Å². The average molecular weight is 430 g/mol. The van der Waals surface area contributed by atoms with Crippen molar-refractivity contribution in [1.29, 1.82) is 0 Å². The molecule has 0 aliphatic carbocycles. The largest absolute Gasteiger partial charge is 0.341 e. The zero-order chi connectivity index (χ0) is 23.7. The van der Waals surface area contributed by atoms with E-state index in [0.717, 1.165) is 16.8 Å². The first-order valence-electron chi connectivity index (χ1n) is 10.6. The minimum Gasteiger partial charge on any atom is -0.341 e. The van der Waals surface area contributed by atoms with E-state index in [-0.39, 0.29) is 11.7 Å². The van der Waals surface area contributed by atoms with Crippen molar-refractivity contribution in [3.05, 3.63) is 102 Å². The quantitative estimate of drug-likeness (QED) is 0.207. The summed E-state index contributed by atoms with van der Waals surface area (Å²) in [6.07, 6.45) is 7.57. The fourth-order valence-electron chi connectivity index (χ4n) is 3.18. The van der Waals surface area contributed by atoms with Crippen LogP contribution in [0.25, 0.3) is 0 Å². The number of nitrogens with one attached hydrogen (secondary N) is 1. The number of carbonyl (C=O) groups is 2. The first kappa shape index (κ1) is 24.5. The Hall–Kier alpha value is -3.73. The first-order valence-corrected chi connectivity index (χ1v) is 10.6. The van der Waals surface area contributed by atoms with Crippen LogP contribution in [-0.2, 0) is 4.79 Å². The van der Waals surface area contributed by atoms with Gasteiger partial charge in [-0.15, -0.1) is 0 Å². The standard InChI is InChI=1S/C27H31N3O2/c1-7-12-22(8-2)28-26(15-16-31)30(23-13-10-9-11-14-23)27-21(6)20(5)18-24(29-27)25(32)17-19(3)4/h7-16,18-19,28H,1-2,17H2,3-6H3/b22-12+,26-15-. The number of aromatic nitrogens is 1. The molecule has 0 amide bonds. The van der Waals surface area contributed by atoms with Crippen molar-refractivity contribution in [2.75, 3.05) is 4.90 Å². The number of ketones is 1. The minimum atomic E-state index is -0.00966. The average Bonchev–Trinajstić information content (AvgIpc) is 2.76. The van der Waals surface area contributed by atoms with E-state index in [1.807, 2.05) is 69.0 Å². The third-order valence-corrected chi connectivity index (χ3v) is 4.87. The summed E-state index contributed by atoms with van der Waals surface area (Å²) in [6, 6.07) is 11.4. The summed E-state index contributed by atoms with van der Waals surface area (Å²) in [5.74, 6) is 1.27.